The van der Waals surface area contributed by atoms with Gasteiger partial charge in [0, 0.05) is 12.8 Å². The number of phosphoric acid groups is 1. The lowest BCUT2D eigenvalue weighted by atomic mass is 10.0. The third-order valence-corrected chi connectivity index (χ3v) is 11.5. The summed E-state index contributed by atoms with van der Waals surface area (Å²) in [7, 11) is 1.10. The molecule has 0 heterocycles. The second kappa shape index (κ2) is 43.6. The average molecular weight is 908 g/mol. The third-order valence-electron chi connectivity index (χ3n) is 10.6. The molecular formula is C52H94NO9P. The van der Waals surface area contributed by atoms with E-state index >= 15 is 0 Å². The molecule has 2 unspecified atom stereocenters. The quantitative estimate of drug-likeness (QED) is 0.0208. The summed E-state index contributed by atoms with van der Waals surface area (Å²) in [6.07, 6.45) is 50.3. The second-order valence-electron chi connectivity index (χ2n) is 18.0. The zero-order valence-electron chi connectivity index (χ0n) is 40.9. The number of hydrogen-bond donors (Lipinski definition) is 1. The molecule has 10 nitrogen and oxygen atoms in total. The molecule has 11 heteroatoms. The molecule has 366 valence electrons. The zero-order chi connectivity index (χ0) is 46.5. The van der Waals surface area contributed by atoms with Gasteiger partial charge in [0.15, 0.2) is 6.10 Å². The van der Waals surface area contributed by atoms with Crippen LogP contribution in [0.5, 0.6) is 0 Å². The van der Waals surface area contributed by atoms with Crippen molar-refractivity contribution in [2.45, 2.75) is 212 Å². The number of ether oxygens (including phenoxy) is 2. The van der Waals surface area contributed by atoms with E-state index in [2.05, 4.69) is 62.5 Å². The van der Waals surface area contributed by atoms with Crippen LogP contribution in [-0.4, -0.2) is 81.2 Å². The van der Waals surface area contributed by atoms with Crippen LogP contribution in [0.25, 0.3) is 0 Å². The van der Waals surface area contributed by atoms with Gasteiger partial charge in [0.25, 0.3) is 7.82 Å². The Morgan fingerprint density at radius 2 is 1.03 bits per heavy atom. The predicted molar refractivity (Wildman–Crippen MR) is 260 cm³/mol. The SMILES string of the molecule is CCCCCCCC/C=C\CCCCCCCCCCCCCC(=O)OC[C@H](COP(=O)([O-])OCC[N+](C)(C)C)OC(=O)CCC/C=C\C/C=C\C/C=C\C/C=C\CC(O)CCC. The molecule has 0 aromatic rings. The molecule has 0 amide bonds. The van der Waals surface area contributed by atoms with Gasteiger partial charge in [-0.05, 0) is 77.0 Å². The van der Waals surface area contributed by atoms with Gasteiger partial charge in [0.1, 0.15) is 19.8 Å². The number of carbonyl (C=O) groups excluding carboxylic acids is 2. The molecule has 0 saturated carbocycles. The first kappa shape index (κ1) is 60.7. The van der Waals surface area contributed by atoms with Gasteiger partial charge in [0.05, 0.1) is 33.9 Å². The number of hydrogen-bond acceptors (Lipinski definition) is 9. The fourth-order valence-electron chi connectivity index (χ4n) is 6.66. The van der Waals surface area contributed by atoms with E-state index in [1.807, 2.05) is 33.3 Å². The summed E-state index contributed by atoms with van der Waals surface area (Å²) in [5.74, 6) is -0.920. The normalized spacial score (nSPS) is 14.5. The minimum Gasteiger partial charge on any atom is -0.756 e. The van der Waals surface area contributed by atoms with Crippen molar-refractivity contribution in [3.8, 4) is 0 Å². The second-order valence-corrected chi connectivity index (χ2v) is 19.4. The number of allylic oxidation sites excluding steroid dienone is 9. The molecule has 0 aromatic heterocycles. The Morgan fingerprint density at radius 3 is 1.57 bits per heavy atom. The standard InChI is InChI=1S/C52H94NO9P/c1-6-8-9-10-11-12-13-14-15-16-17-18-19-20-21-24-27-30-33-36-39-43-51(55)59-47-50(48-61-63(57,58)60-46-45-53(3,4)5)62-52(56)44-40-37-34-31-28-25-22-23-26-29-32-35-38-42-49(54)41-7-2/h14-15,22,25-26,29,31,34-35,38,49-50,54H,6-13,16-21,23-24,27-28,30,32-33,36-37,39-48H2,1-5H3/b15-14-,25-22-,29-26-,34-31-,38-35-/t49?,50-/m1/s1. The van der Waals surface area contributed by atoms with E-state index in [1.165, 1.54) is 96.3 Å². The van der Waals surface area contributed by atoms with Crippen LogP contribution in [0, 0.1) is 0 Å². The Balaban J connectivity index is 4.35. The maximum absolute atomic E-state index is 12.7. The lowest BCUT2D eigenvalue weighted by Gasteiger charge is -2.28. The lowest BCUT2D eigenvalue weighted by Crippen LogP contribution is -2.37. The number of carbonyl (C=O) groups is 2. The van der Waals surface area contributed by atoms with Crippen molar-refractivity contribution >= 4 is 19.8 Å². The minimum absolute atomic E-state index is 0.0497. The molecule has 63 heavy (non-hydrogen) atoms. The molecule has 1 N–H and O–H groups in total. The molecule has 0 aliphatic carbocycles. The van der Waals surface area contributed by atoms with Gasteiger partial charge in [-0.3, -0.25) is 14.2 Å². The molecule has 0 fully saturated rings. The van der Waals surface area contributed by atoms with Crippen LogP contribution in [-0.2, 0) is 32.7 Å². The van der Waals surface area contributed by atoms with Crippen molar-refractivity contribution in [1.29, 1.82) is 0 Å². The van der Waals surface area contributed by atoms with Crippen LogP contribution in [0.1, 0.15) is 200 Å². The molecule has 0 bridgehead atoms. The highest BCUT2D eigenvalue weighted by molar-refractivity contribution is 7.45. The van der Waals surface area contributed by atoms with Crippen molar-refractivity contribution in [2.75, 3.05) is 47.5 Å². The lowest BCUT2D eigenvalue weighted by molar-refractivity contribution is -0.870. The van der Waals surface area contributed by atoms with Crippen LogP contribution in [0.4, 0.5) is 0 Å². The number of aliphatic hydroxyl groups excluding tert-OH is 1. The number of unbranched alkanes of at least 4 members (excludes halogenated alkanes) is 18. The predicted octanol–water partition coefficient (Wildman–Crippen LogP) is 13.1. The first-order valence-corrected chi connectivity index (χ1v) is 26.5. The van der Waals surface area contributed by atoms with E-state index in [0.717, 1.165) is 51.4 Å². The molecule has 0 aromatic carbocycles. The zero-order valence-corrected chi connectivity index (χ0v) is 41.8. The highest BCUT2D eigenvalue weighted by atomic mass is 31.2. The van der Waals surface area contributed by atoms with Gasteiger partial charge in [-0.2, -0.15) is 0 Å². The van der Waals surface area contributed by atoms with Crippen LogP contribution in [0.15, 0.2) is 60.8 Å². The van der Waals surface area contributed by atoms with Gasteiger partial charge in [-0.1, -0.05) is 171 Å². The molecule has 0 aliphatic heterocycles. The molecule has 0 spiro atoms. The molecule has 0 radical (unpaired) electrons. The van der Waals surface area contributed by atoms with E-state index in [9.17, 15) is 24.2 Å². The number of phosphoric ester groups is 1. The number of nitrogens with zero attached hydrogens (tertiary/aromatic N) is 1. The molecule has 0 rings (SSSR count). The summed E-state index contributed by atoms with van der Waals surface area (Å²) in [5, 5.41) is 9.75. The number of likely N-dealkylation sites (N-methyl/N-ethyl adjacent to an activating group) is 1. The Labute approximate surface area is 386 Å². The minimum atomic E-state index is -4.66. The number of esters is 2. The maximum Gasteiger partial charge on any atom is 0.306 e. The van der Waals surface area contributed by atoms with E-state index in [4.69, 9.17) is 18.5 Å². The highest BCUT2D eigenvalue weighted by Gasteiger charge is 2.21. The van der Waals surface area contributed by atoms with Crippen LogP contribution < -0.4 is 4.89 Å². The van der Waals surface area contributed by atoms with E-state index in [0.29, 0.717) is 36.7 Å². The van der Waals surface area contributed by atoms with Crippen LogP contribution in [0.2, 0.25) is 0 Å². The largest absolute Gasteiger partial charge is 0.756 e. The van der Waals surface area contributed by atoms with Gasteiger partial charge in [-0.15, -0.1) is 0 Å². The smallest absolute Gasteiger partial charge is 0.306 e. The van der Waals surface area contributed by atoms with Crippen molar-refractivity contribution in [3.63, 3.8) is 0 Å². The maximum atomic E-state index is 12.7. The topological polar surface area (TPSA) is 131 Å². The Kier molecular flexibility index (Phi) is 41.9. The van der Waals surface area contributed by atoms with E-state index in [1.54, 1.807) is 0 Å². The number of quaternary nitrogens is 1. The average Bonchev–Trinajstić information content (AvgIpc) is 3.23. The van der Waals surface area contributed by atoms with Crippen LogP contribution in [0.3, 0.4) is 0 Å². The summed E-state index contributed by atoms with van der Waals surface area (Å²) >= 11 is 0. The summed E-state index contributed by atoms with van der Waals surface area (Å²) in [4.78, 5) is 37.7. The van der Waals surface area contributed by atoms with Crippen molar-refractivity contribution in [3.05, 3.63) is 60.8 Å². The number of rotatable bonds is 45. The van der Waals surface area contributed by atoms with Gasteiger partial charge in [-0.25, -0.2) is 0 Å². The van der Waals surface area contributed by atoms with Gasteiger partial charge >= 0.3 is 11.9 Å². The molecule has 3 atom stereocenters. The fourth-order valence-corrected chi connectivity index (χ4v) is 7.39. The van der Waals surface area contributed by atoms with Crippen molar-refractivity contribution < 1.29 is 47.2 Å². The molecule has 0 aliphatic rings. The van der Waals surface area contributed by atoms with Crippen molar-refractivity contribution in [1.82, 2.24) is 0 Å². The monoisotopic (exact) mass is 908 g/mol. The van der Waals surface area contributed by atoms with Gasteiger partial charge in [0.2, 0.25) is 0 Å². The first-order valence-electron chi connectivity index (χ1n) is 25.1. The fraction of sp³-hybridized carbons (Fsp3) is 0.769. The first-order chi connectivity index (χ1) is 30.4. The van der Waals surface area contributed by atoms with Crippen molar-refractivity contribution in [2.24, 2.45) is 0 Å². The Hall–Kier alpha value is -2.33. The summed E-state index contributed by atoms with van der Waals surface area (Å²) < 4.78 is 33.9. The Morgan fingerprint density at radius 1 is 0.571 bits per heavy atom. The molecular weight excluding hydrogens is 814 g/mol. The summed E-state index contributed by atoms with van der Waals surface area (Å²) in [6.45, 7) is 3.96. The highest BCUT2D eigenvalue weighted by Crippen LogP contribution is 2.38. The van der Waals surface area contributed by atoms with E-state index < -0.39 is 32.5 Å². The summed E-state index contributed by atoms with van der Waals surface area (Å²) in [6, 6.07) is 0. The Bertz CT molecular complexity index is 1270. The summed E-state index contributed by atoms with van der Waals surface area (Å²) in [5.41, 5.74) is 0. The number of aliphatic hydroxyl groups is 1. The van der Waals surface area contributed by atoms with Gasteiger partial charge < -0.3 is 33.0 Å². The molecule has 0 saturated heterocycles. The van der Waals surface area contributed by atoms with E-state index in [-0.39, 0.29) is 32.2 Å². The third kappa shape index (κ3) is 47.5. The van der Waals surface area contributed by atoms with Crippen LogP contribution >= 0.6 is 7.82 Å².